The maximum absolute atomic E-state index is 11.3. The second kappa shape index (κ2) is 3.83. The lowest BCUT2D eigenvalue weighted by atomic mass is 10.0. The Labute approximate surface area is 67.3 Å². The van der Waals surface area contributed by atoms with Gasteiger partial charge in [-0.05, 0) is 20.5 Å². The molecule has 3 nitrogen and oxygen atoms in total. The number of rotatable bonds is 3. The van der Waals surface area contributed by atoms with Crippen molar-refractivity contribution in [3.63, 3.8) is 0 Å². The average molecular weight is 157 g/mol. The van der Waals surface area contributed by atoms with Crippen molar-refractivity contribution in [1.29, 1.82) is 0 Å². The highest BCUT2D eigenvalue weighted by molar-refractivity contribution is 5.83. The highest BCUT2D eigenvalue weighted by atomic mass is 16.5. The van der Waals surface area contributed by atoms with Crippen LogP contribution < -0.4 is 0 Å². The Hall–Kier alpha value is -0.410. The van der Waals surface area contributed by atoms with E-state index in [9.17, 15) is 4.79 Å². The lowest BCUT2D eigenvalue weighted by molar-refractivity contribution is -0.123. The van der Waals surface area contributed by atoms with Gasteiger partial charge in [0, 0.05) is 12.5 Å². The predicted octanol–water partition coefficient (Wildman–Crippen LogP) is 0.154. The lowest BCUT2D eigenvalue weighted by Gasteiger charge is -2.11. The Morgan fingerprint density at radius 3 is 2.82 bits per heavy atom. The van der Waals surface area contributed by atoms with E-state index in [-0.39, 0.29) is 5.92 Å². The molecular weight excluding hydrogens is 142 g/mol. The van der Waals surface area contributed by atoms with E-state index in [4.69, 9.17) is 4.74 Å². The van der Waals surface area contributed by atoms with Gasteiger partial charge in [0.05, 0.1) is 13.2 Å². The van der Waals surface area contributed by atoms with Crippen LogP contribution in [0.5, 0.6) is 0 Å². The molecule has 0 aromatic carbocycles. The number of Topliss-reactive ketones (excluding diaryl/α,β-unsaturated/α-hetero) is 1. The summed E-state index contributed by atoms with van der Waals surface area (Å²) < 4.78 is 5.12. The van der Waals surface area contributed by atoms with Gasteiger partial charge < -0.3 is 9.64 Å². The Balaban J connectivity index is 2.28. The maximum Gasteiger partial charge on any atom is 0.152 e. The molecule has 0 N–H and O–H groups in total. The first kappa shape index (κ1) is 8.68. The first-order valence-electron chi connectivity index (χ1n) is 3.95. The minimum absolute atomic E-state index is 0.164. The van der Waals surface area contributed by atoms with Gasteiger partial charge in [0.1, 0.15) is 0 Å². The van der Waals surface area contributed by atoms with Crippen LogP contribution in [0, 0.1) is 5.92 Å². The fraction of sp³-hybridized carbons (Fsp3) is 0.875. The molecule has 0 radical (unpaired) electrons. The van der Waals surface area contributed by atoms with Crippen LogP contribution in [0.15, 0.2) is 0 Å². The summed E-state index contributed by atoms with van der Waals surface area (Å²) in [6, 6.07) is 0. The summed E-state index contributed by atoms with van der Waals surface area (Å²) in [5.41, 5.74) is 0. The van der Waals surface area contributed by atoms with E-state index in [2.05, 4.69) is 0 Å². The zero-order valence-electron chi connectivity index (χ0n) is 7.17. The van der Waals surface area contributed by atoms with Crippen LogP contribution in [-0.4, -0.2) is 44.5 Å². The largest absolute Gasteiger partial charge is 0.381 e. The fourth-order valence-corrected chi connectivity index (χ4v) is 1.23. The summed E-state index contributed by atoms with van der Waals surface area (Å²) in [4.78, 5) is 13.2. The second-order valence-electron chi connectivity index (χ2n) is 3.26. The Bertz CT molecular complexity index is 139. The van der Waals surface area contributed by atoms with Crippen LogP contribution in [0.3, 0.4) is 0 Å². The number of ketones is 1. The molecule has 1 unspecified atom stereocenters. The van der Waals surface area contributed by atoms with E-state index < -0.39 is 0 Å². The van der Waals surface area contributed by atoms with Crippen molar-refractivity contribution in [2.45, 2.75) is 6.42 Å². The van der Waals surface area contributed by atoms with Crippen LogP contribution >= 0.6 is 0 Å². The molecule has 11 heavy (non-hydrogen) atoms. The lowest BCUT2D eigenvalue weighted by Crippen LogP contribution is -2.27. The Morgan fingerprint density at radius 2 is 2.36 bits per heavy atom. The molecule has 0 aromatic heterocycles. The molecule has 1 aliphatic rings. The Kier molecular flexibility index (Phi) is 3.02. The number of hydrogen-bond donors (Lipinski definition) is 0. The van der Waals surface area contributed by atoms with Crippen LogP contribution in [0.4, 0.5) is 0 Å². The molecule has 0 aliphatic carbocycles. The molecule has 0 amide bonds. The molecular formula is C8H15NO2. The molecule has 64 valence electrons. The van der Waals surface area contributed by atoms with E-state index in [1.165, 1.54) is 0 Å². The molecule has 0 aromatic rings. The summed E-state index contributed by atoms with van der Waals surface area (Å²) >= 11 is 0. The van der Waals surface area contributed by atoms with Crippen molar-refractivity contribution in [3.05, 3.63) is 0 Å². The minimum Gasteiger partial charge on any atom is -0.381 e. The monoisotopic (exact) mass is 157 g/mol. The summed E-state index contributed by atoms with van der Waals surface area (Å²) in [6.07, 6.45) is 0.909. The highest BCUT2D eigenvalue weighted by Crippen LogP contribution is 2.13. The van der Waals surface area contributed by atoms with Gasteiger partial charge in [-0.1, -0.05) is 0 Å². The first-order valence-corrected chi connectivity index (χ1v) is 3.95. The van der Waals surface area contributed by atoms with Crippen LogP contribution in [0.1, 0.15) is 6.42 Å². The van der Waals surface area contributed by atoms with Gasteiger partial charge in [0.25, 0.3) is 0 Å². The normalized spacial score (nSPS) is 24.5. The van der Waals surface area contributed by atoms with Gasteiger partial charge in [-0.3, -0.25) is 4.79 Å². The molecule has 1 saturated heterocycles. The molecule has 0 bridgehead atoms. The second-order valence-corrected chi connectivity index (χ2v) is 3.26. The standard InChI is InChI=1S/C8H15NO2/c1-9(2)5-8(10)7-3-4-11-6-7/h7H,3-6H2,1-2H3. The molecule has 3 heteroatoms. The van der Waals surface area contributed by atoms with E-state index in [0.717, 1.165) is 13.0 Å². The summed E-state index contributed by atoms with van der Waals surface area (Å²) in [7, 11) is 3.82. The summed E-state index contributed by atoms with van der Waals surface area (Å²) in [5.74, 6) is 0.477. The number of ether oxygens (including phenoxy) is 1. The van der Waals surface area contributed by atoms with Crippen molar-refractivity contribution < 1.29 is 9.53 Å². The SMILES string of the molecule is CN(C)CC(=O)C1CCOC1. The molecule has 1 heterocycles. The Morgan fingerprint density at radius 1 is 1.64 bits per heavy atom. The topological polar surface area (TPSA) is 29.5 Å². The third-order valence-corrected chi connectivity index (χ3v) is 1.86. The van der Waals surface area contributed by atoms with Gasteiger partial charge in [-0.15, -0.1) is 0 Å². The van der Waals surface area contributed by atoms with Crippen LogP contribution in [0.25, 0.3) is 0 Å². The molecule has 1 fully saturated rings. The van der Waals surface area contributed by atoms with Crippen LogP contribution in [0.2, 0.25) is 0 Å². The third kappa shape index (κ3) is 2.60. The van der Waals surface area contributed by atoms with Gasteiger partial charge in [0.15, 0.2) is 5.78 Å². The molecule has 1 rings (SSSR count). The van der Waals surface area contributed by atoms with E-state index >= 15 is 0 Å². The smallest absolute Gasteiger partial charge is 0.152 e. The zero-order valence-corrected chi connectivity index (χ0v) is 7.17. The fourth-order valence-electron chi connectivity index (χ4n) is 1.23. The van der Waals surface area contributed by atoms with Gasteiger partial charge in [0.2, 0.25) is 0 Å². The van der Waals surface area contributed by atoms with Gasteiger partial charge in [-0.2, -0.15) is 0 Å². The van der Waals surface area contributed by atoms with E-state index in [0.29, 0.717) is 18.9 Å². The van der Waals surface area contributed by atoms with Crippen molar-refractivity contribution in [3.8, 4) is 0 Å². The number of nitrogens with zero attached hydrogens (tertiary/aromatic N) is 1. The highest BCUT2D eigenvalue weighted by Gasteiger charge is 2.23. The quantitative estimate of drug-likeness (QED) is 0.584. The molecule has 0 spiro atoms. The molecule has 1 aliphatic heterocycles. The van der Waals surface area contributed by atoms with E-state index in [1.54, 1.807) is 0 Å². The zero-order chi connectivity index (χ0) is 8.27. The van der Waals surface area contributed by atoms with Crippen LogP contribution in [-0.2, 0) is 9.53 Å². The van der Waals surface area contributed by atoms with Crippen molar-refractivity contribution in [1.82, 2.24) is 4.90 Å². The van der Waals surface area contributed by atoms with Crippen molar-refractivity contribution in [2.75, 3.05) is 33.9 Å². The summed E-state index contributed by atoms with van der Waals surface area (Å²) in [6.45, 7) is 1.94. The van der Waals surface area contributed by atoms with Gasteiger partial charge >= 0.3 is 0 Å². The van der Waals surface area contributed by atoms with Gasteiger partial charge in [-0.25, -0.2) is 0 Å². The number of carbonyl (C=O) groups excluding carboxylic acids is 1. The molecule has 0 saturated carbocycles. The third-order valence-electron chi connectivity index (χ3n) is 1.86. The average Bonchev–Trinajstić information content (AvgIpc) is 2.35. The summed E-state index contributed by atoms with van der Waals surface area (Å²) in [5, 5.41) is 0. The van der Waals surface area contributed by atoms with Crippen molar-refractivity contribution >= 4 is 5.78 Å². The van der Waals surface area contributed by atoms with E-state index in [1.807, 2.05) is 19.0 Å². The van der Waals surface area contributed by atoms with Crippen molar-refractivity contribution in [2.24, 2.45) is 5.92 Å². The molecule has 1 atom stereocenters. The first-order chi connectivity index (χ1) is 5.20. The number of carbonyl (C=O) groups is 1. The minimum atomic E-state index is 0.164. The maximum atomic E-state index is 11.3. The number of hydrogen-bond acceptors (Lipinski definition) is 3. The number of likely N-dealkylation sites (N-methyl/N-ethyl adjacent to an activating group) is 1. The predicted molar refractivity (Wildman–Crippen MR) is 42.5 cm³/mol.